The van der Waals surface area contributed by atoms with Crippen LogP contribution in [0, 0.1) is 55.4 Å². The van der Waals surface area contributed by atoms with Gasteiger partial charge in [0.2, 0.25) is 0 Å². The fourth-order valence-corrected chi connectivity index (χ4v) is 10.8. The minimum absolute atomic E-state index is 0.170. The van der Waals surface area contributed by atoms with E-state index in [1.807, 2.05) is 0 Å². The highest BCUT2D eigenvalue weighted by atomic mass is 31.2. The summed E-state index contributed by atoms with van der Waals surface area (Å²) in [7, 11) is -3.85. The number of hydrogen-bond acceptors (Lipinski definition) is 6. The van der Waals surface area contributed by atoms with Gasteiger partial charge in [0, 0.05) is 19.3 Å². The monoisotopic (exact) mass is 852 g/mol. The van der Waals surface area contributed by atoms with Crippen LogP contribution in [0.3, 0.4) is 0 Å². The summed E-state index contributed by atoms with van der Waals surface area (Å²) in [6.07, 6.45) is 1.96. The lowest BCUT2D eigenvalue weighted by Gasteiger charge is -2.29. The van der Waals surface area contributed by atoms with Crippen LogP contribution in [0.5, 0.6) is 34.5 Å². The predicted molar refractivity (Wildman–Crippen MR) is 251 cm³/mol. The Kier molecular flexibility index (Phi) is 12.2. The summed E-state index contributed by atoms with van der Waals surface area (Å²) in [6.45, 7) is 25.8. The number of fused-ring (bicyclic) bond motifs is 4. The van der Waals surface area contributed by atoms with Gasteiger partial charge in [0.25, 0.3) is 0 Å². The van der Waals surface area contributed by atoms with Crippen molar-refractivity contribution in [3.05, 3.63) is 174 Å². The summed E-state index contributed by atoms with van der Waals surface area (Å²) in [5.41, 5.74) is 17.7. The van der Waals surface area contributed by atoms with Gasteiger partial charge in [-0.05, 0) is 156 Å². The highest BCUT2D eigenvalue weighted by Gasteiger charge is 2.33. The van der Waals surface area contributed by atoms with Crippen molar-refractivity contribution in [1.29, 1.82) is 0 Å². The maximum atomic E-state index is 7.15. The average molecular weight is 853 g/mol. The van der Waals surface area contributed by atoms with Crippen molar-refractivity contribution in [2.24, 2.45) is 0 Å². The van der Waals surface area contributed by atoms with Crippen LogP contribution in [-0.4, -0.2) is 0 Å². The van der Waals surface area contributed by atoms with Crippen LogP contribution >= 0.6 is 17.2 Å². The molecule has 8 rings (SSSR count). The number of aryl methyl sites for hydroxylation is 4. The second-order valence-electron chi connectivity index (χ2n) is 17.5. The van der Waals surface area contributed by atoms with Crippen LogP contribution in [0.15, 0.2) is 84.9 Å². The highest BCUT2D eigenvalue weighted by molar-refractivity contribution is 7.43. The summed E-state index contributed by atoms with van der Waals surface area (Å²) in [4.78, 5) is 0. The third kappa shape index (κ3) is 8.47. The molecule has 0 amide bonds. The average Bonchev–Trinajstić information content (AvgIpc) is 3.21. The summed E-state index contributed by atoms with van der Waals surface area (Å²) in [6, 6.07) is 30.3. The lowest BCUT2D eigenvalue weighted by molar-refractivity contribution is 0.374. The summed E-state index contributed by atoms with van der Waals surface area (Å²) in [5, 5.41) is 0. The Bertz CT molecular complexity index is 2350. The minimum atomic E-state index is -1.93. The van der Waals surface area contributed by atoms with Crippen molar-refractivity contribution in [2.45, 2.75) is 114 Å². The van der Waals surface area contributed by atoms with Crippen LogP contribution in [0.1, 0.15) is 129 Å². The molecule has 2 aliphatic rings. The molecule has 6 nitrogen and oxygen atoms in total. The molecule has 0 atom stereocenters. The van der Waals surface area contributed by atoms with Crippen molar-refractivity contribution in [1.82, 2.24) is 0 Å². The normalized spacial score (nSPS) is 13.9. The Morgan fingerprint density at radius 2 is 0.721 bits per heavy atom. The fourth-order valence-electron chi connectivity index (χ4n) is 8.24. The third-order valence-electron chi connectivity index (χ3n) is 12.7. The summed E-state index contributed by atoms with van der Waals surface area (Å²) >= 11 is 0. The van der Waals surface area contributed by atoms with E-state index >= 15 is 0 Å². The minimum Gasteiger partial charge on any atom is -0.408 e. The Labute approximate surface area is 365 Å². The molecule has 0 bridgehead atoms. The SMILES string of the molecule is Cc1ccc2c(c1C)OP(Oc1c(Cc3cccc(C(C)C)c3OP3Oc4c(ccc(C)c4C)Cc4ccc(C)c(C)c4O3)cccc1C(C)C)Oc1c(ccc(C)c1C)C2. The van der Waals surface area contributed by atoms with Gasteiger partial charge < -0.3 is 27.1 Å². The standard InChI is InChI=1S/C53H58O6P2/c1-30(2)46-17-13-15-40(52(46)58-60-54-48-36(9)32(5)19-23-42(48)28-43-24-20-33(6)37(10)49(43)55-60)27-41-16-14-18-47(31(3)4)53(41)59-61-56-50-38(11)34(7)21-25-44(50)29-45-26-22-35(8)39(12)51(45)57-61/h13-26,30-31H,27-29H2,1-12H3. The summed E-state index contributed by atoms with van der Waals surface area (Å²) < 4.78 is 41.9. The van der Waals surface area contributed by atoms with Gasteiger partial charge in [-0.1, -0.05) is 113 Å². The van der Waals surface area contributed by atoms with Gasteiger partial charge in [-0.2, -0.15) is 0 Å². The molecular weight excluding hydrogens is 795 g/mol. The zero-order chi connectivity index (χ0) is 43.3. The van der Waals surface area contributed by atoms with Gasteiger partial charge in [0.05, 0.1) is 0 Å². The lowest BCUT2D eigenvalue weighted by atomic mass is 9.93. The second-order valence-corrected chi connectivity index (χ2v) is 19.5. The Hall–Kier alpha value is -5.02. The molecule has 6 aromatic carbocycles. The number of rotatable bonds is 8. The zero-order valence-corrected chi connectivity index (χ0v) is 39.5. The first kappa shape index (κ1) is 42.7. The molecule has 0 unspecified atom stereocenters. The van der Waals surface area contributed by atoms with E-state index in [9.17, 15) is 0 Å². The molecule has 0 aromatic heterocycles. The first-order chi connectivity index (χ1) is 29.2. The zero-order valence-electron chi connectivity index (χ0n) is 37.7. The molecule has 0 spiro atoms. The molecular formula is C53H58O6P2. The van der Waals surface area contributed by atoms with Crippen LogP contribution in [-0.2, 0) is 19.3 Å². The lowest BCUT2D eigenvalue weighted by Crippen LogP contribution is -2.13. The molecule has 0 saturated heterocycles. The molecule has 0 N–H and O–H groups in total. The van der Waals surface area contributed by atoms with Crippen LogP contribution in [0.25, 0.3) is 0 Å². The number of para-hydroxylation sites is 2. The van der Waals surface area contributed by atoms with E-state index in [1.54, 1.807) is 0 Å². The van der Waals surface area contributed by atoms with E-state index in [-0.39, 0.29) is 11.8 Å². The first-order valence-corrected chi connectivity index (χ1v) is 23.6. The van der Waals surface area contributed by atoms with Gasteiger partial charge in [-0.25, -0.2) is 0 Å². The first-order valence-electron chi connectivity index (χ1n) is 21.5. The maximum Gasteiger partial charge on any atom is 0.530 e. The molecule has 0 radical (unpaired) electrons. The molecule has 0 saturated carbocycles. The predicted octanol–water partition coefficient (Wildman–Crippen LogP) is 15.3. The van der Waals surface area contributed by atoms with E-state index in [2.05, 4.69) is 168 Å². The molecule has 2 aliphatic heterocycles. The quantitative estimate of drug-likeness (QED) is 0.142. The van der Waals surface area contributed by atoms with Crippen LogP contribution < -0.4 is 27.1 Å². The maximum absolute atomic E-state index is 7.15. The fraction of sp³-hybridized carbons (Fsp3) is 0.321. The Balaban J connectivity index is 1.21. The van der Waals surface area contributed by atoms with Gasteiger partial charge >= 0.3 is 17.2 Å². The molecule has 6 aromatic rings. The largest absolute Gasteiger partial charge is 0.530 e. The van der Waals surface area contributed by atoms with E-state index in [0.717, 1.165) is 124 Å². The van der Waals surface area contributed by atoms with Crippen molar-refractivity contribution in [3.8, 4) is 34.5 Å². The van der Waals surface area contributed by atoms with Crippen molar-refractivity contribution >= 4 is 17.2 Å². The van der Waals surface area contributed by atoms with Gasteiger partial charge in [0.15, 0.2) is 0 Å². The molecule has 0 fully saturated rings. The van der Waals surface area contributed by atoms with Crippen molar-refractivity contribution in [3.63, 3.8) is 0 Å². The second kappa shape index (κ2) is 17.4. The highest BCUT2D eigenvalue weighted by Crippen LogP contribution is 2.54. The van der Waals surface area contributed by atoms with E-state index in [4.69, 9.17) is 27.1 Å². The van der Waals surface area contributed by atoms with Gasteiger partial charge in [-0.3, -0.25) is 0 Å². The molecule has 2 heterocycles. The van der Waals surface area contributed by atoms with Gasteiger partial charge in [-0.15, -0.1) is 0 Å². The smallest absolute Gasteiger partial charge is 0.408 e. The van der Waals surface area contributed by atoms with E-state index in [0.29, 0.717) is 19.3 Å². The Morgan fingerprint density at radius 3 is 1.00 bits per heavy atom. The topological polar surface area (TPSA) is 55.4 Å². The van der Waals surface area contributed by atoms with Crippen molar-refractivity contribution < 1.29 is 27.1 Å². The molecule has 316 valence electrons. The number of benzene rings is 6. The van der Waals surface area contributed by atoms with Crippen LogP contribution in [0.4, 0.5) is 0 Å². The van der Waals surface area contributed by atoms with Crippen molar-refractivity contribution in [2.75, 3.05) is 0 Å². The molecule has 61 heavy (non-hydrogen) atoms. The van der Waals surface area contributed by atoms with Crippen LogP contribution in [0.2, 0.25) is 0 Å². The number of hydrogen-bond donors (Lipinski definition) is 0. The summed E-state index contributed by atoms with van der Waals surface area (Å²) in [5.74, 6) is 5.21. The molecule has 0 aliphatic carbocycles. The van der Waals surface area contributed by atoms with Gasteiger partial charge in [0.1, 0.15) is 34.5 Å². The Morgan fingerprint density at radius 1 is 0.426 bits per heavy atom. The van der Waals surface area contributed by atoms with E-state index in [1.165, 1.54) is 0 Å². The molecule has 8 heteroatoms. The van der Waals surface area contributed by atoms with E-state index < -0.39 is 17.2 Å². The third-order valence-corrected chi connectivity index (χ3v) is 14.7.